The van der Waals surface area contributed by atoms with Crippen molar-refractivity contribution in [2.75, 3.05) is 7.11 Å². The minimum Gasteiger partial charge on any atom is -0.497 e. The first kappa shape index (κ1) is 26.0. The maximum Gasteiger partial charge on any atom is 0.418 e. The Morgan fingerprint density at radius 1 is 1.26 bits per heavy atom. The Balaban J connectivity index is 2.28. The van der Waals surface area contributed by atoms with Crippen molar-refractivity contribution < 1.29 is 27.6 Å². The molecule has 0 atom stereocenters. The summed E-state index contributed by atoms with van der Waals surface area (Å²) < 4.78 is 44.8. The number of ether oxygens (including phenoxy) is 1. The highest BCUT2D eigenvalue weighted by Gasteiger charge is 2.36. The molecule has 1 heterocycles. The van der Waals surface area contributed by atoms with Crippen LogP contribution in [0.25, 0.3) is 11.1 Å². The number of hydrogen-bond donors (Lipinski definition) is 0. The number of alkyl halides is 3. The van der Waals surface area contributed by atoms with E-state index in [0.717, 1.165) is 6.07 Å². The third-order valence-corrected chi connectivity index (χ3v) is 6.29. The minimum atomic E-state index is -4.90. The van der Waals surface area contributed by atoms with E-state index in [1.165, 1.54) is 21.0 Å². The average Bonchev–Trinajstić information content (AvgIpc) is 2.77. The summed E-state index contributed by atoms with van der Waals surface area (Å²) in [6, 6.07) is 9.67. The van der Waals surface area contributed by atoms with Gasteiger partial charge in [-0.05, 0) is 37.6 Å². The summed E-state index contributed by atoms with van der Waals surface area (Å²) in [5, 5.41) is 20.8. The predicted octanol–water partition coefficient (Wildman–Crippen LogP) is 6.87. The van der Waals surface area contributed by atoms with Gasteiger partial charge in [-0.25, -0.2) is 4.98 Å². The lowest BCUT2D eigenvalue weighted by Gasteiger charge is -2.16. The van der Waals surface area contributed by atoms with E-state index >= 15 is 0 Å². The van der Waals surface area contributed by atoms with Gasteiger partial charge < -0.3 is 4.74 Å². The first-order chi connectivity index (χ1) is 16.4. The van der Waals surface area contributed by atoms with E-state index in [4.69, 9.17) is 16.3 Å². The molecule has 180 valence electrons. The smallest absolute Gasteiger partial charge is 0.418 e. The summed E-state index contributed by atoms with van der Waals surface area (Å²) in [5.74, 6) is 0.171. The Labute approximate surface area is 206 Å². The molecule has 0 N–H and O–H groups in total. The Morgan fingerprint density at radius 2 is 1.89 bits per heavy atom. The molecule has 0 fully saturated rings. The van der Waals surface area contributed by atoms with Gasteiger partial charge in [0.1, 0.15) is 16.8 Å². The zero-order valence-corrected chi connectivity index (χ0v) is 19.9. The van der Waals surface area contributed by atoms with E-state index in [-0.39, 0.29) is 38.1 Å². The molecule has 3 aromatic rings. The minimum absolute atomic E-state index is 0.0280. The maximum absolute atomic E-state index is 13.2. The van der Waals surface area contributed by atoms with Crippen LogP contribution in [0.2, 0.25) is 5.02 Å². The molecule has 2 aromatic carbocycles. The van der Waals surface area contributed by atoms with Crippen LogP contribution in [0.5, 0.6) is 5.75 Å². The van der Waals surface area contributed by atoms with Gasteiger partial charge in [-0.15, -0.1) is 0 Å². The second kappa shape index (κ2) is 9.93. The number of carbonyl (C=O) groups is 1. The largest absolute Gasteiger partial charge is 0.497 e. The third kappa shape index (κ3) is 5.23. The standard InChI is InChI=1S/C23H15ClF3N3O4S/c1-11-20(12(2)31)21(13-4-6-14(34-3)7-5-13)15(10-28)22(29-11)35-19-9-17(24)16(23(25,26)27)8-18(19)30(32)33/h4-9H,1-3H3. The number of nitrogens with zero attached hydrogens (tertiary/aromatic N) is 3. The van der Waals surface area contributed by atoms with Crippen LogP contribution in [0.15, 0.2) is 46.3 Å². The van der Waals surface area contributed by atoms with E-state index in [0.29, 0.717) is 29.1 Å². The van der Waals surface area contributed by atoms with Crippen molar-refractivity contribution in [3.05, 3.63) is 73.9 Å². The lowest BCUT2D eigenvalue weighted by molar-refractivity contribution is -0.388. The van der Waals surface area contributed by atoms with E-state index in [1.54, 1.807) is 24.3 Å². The molecule has 0 bridgehead atoms. The molecule has 1 aromatic heterocycles. The number of aromatic nitrogens is 1. The van der Waals surface area contributed by atoms with Crippen molar-refractivity contribution in [3.8, 4) is 22.9 Å². The highest BCUT2D eigenvalue weighted by Crippen LogP contribution is 2.45. The van der Waals surface area contributed by atoms with Crippen LogP contribution in [-0.2, 0) is 6.18 Å². The van der Waals surface area contributed by atoms with E-state index in [9.17, 15) is 33.3 Å². The number of methoxy groups -OCH3 is 1. The van der Waals surface area contributed by atoms with Crippen LogP contribution in [0.1, 0.15) is 34.1 Å². The highest BCUT2D eigenvalue weighted by atomic mass is 35.5. The van der Waals surface area contributed by atoms with Crippen LogP contribution in [-0.4, -0.2) is 22.8 Å². The summed E-state index contributed by atoms with van der Waals surface area (Å²) >= 11 is 6.40. The van der Waals surface area contributed by atoms with Gasteiger partial charge in [0.2, 0.25) is 0 Å². The Kier molecular flexibility index (Phi) is 7.38. The van der Waals surface area contributed by atoms with Crippen LogP contribution in [0, 0.1) is 28.4 Å². The number of halogens is 4. The fourth-order valence-electron chi connectivity index (χ4n) is 3.42. The van der Waals surface area contributed by atoms with Crippen molar-refractivity contribution in [1.82, 2.24) is 4.98 Å². The van der Waals surface area contributed by atoms with Gasteiger partial charge in [0.05, 0.1) is 38.8 Å². The molecule has 0 amide bonds. The van der Waals surface area contributed by atoms with E-state index in [1.807, 2.05) is 6.07 Å². The van der Waals surface area contributed by atoms with Gasteiger partial charge in [0, 0.05) is 17.2 Å². The van der Waals surface area contributed by atoms with Crippen LogP contribution in [0.4, 0.5) is 18.9 Å². The normalized spacial score (nSPS) is 11.1. The lowest BCUT2D eigenvalue weighted by atomic mass is 9.93. The molecule has 12 heteroatoms. The lowest BCUT2D eigenvalue weighted by Crippen LogP contribution is -2.08. The van der Waals surface area contributed by atoms with Crippen molar-refractivity contribution in [2.24, 2.45) is 0 Å². The van der Waals surface area contributed by atoms with Crippen LogP contribution >= 0.6 is 23.4 Å². The number of pyridine rings is 1. The number of nitro groups is 1. The number of benzene rings is 2. The second-order valence-electron chi connectivity index (χ2n) is 7.18. The monoisotopic (exact) mass is 521 g/mol. The number of carbonyl (C=O) groups excluding carboxylic acids is 1. The predicted molar refractivity (Wildman–Crippen MR) is 123 cm³/mol. The molecular weight excluding hydrogens is 507 g/mol. The number of nitriles is 1. The Bertz CT molecular complexity index is 1390. The molecule has 35 heavy (non-hydrogen) atoms. The third-order valence-electron chi connectivity index (χ3n) is 4.94. The van der Waals surface area contributed by atoms with Gasteiger partial charge >= 0.3 is 6.18 Å². The first-order valence-electron chi connectivity index (χ1n) is 9.72. The molecular formula is C23H15ClF3N3O4S. The number of nitro benzene ring substituents is 1. The number of hydrogen-bond acceptors (Lipinski definition) is 7. The van der Waals surface area contributed by atoms with E-state index < -0.39 is 27.4 Å². The molecule has 0 aliphatic carbocycles. The molecule has 7 nitrogen and oxygen atoms in total. The van der Waals surface area contributed by atoms with Crippen LogP contribution < -0.4 is 4.74 Å². The molecule has 0 aliphatic rings. The van der Waals surface area contributed by atoms with Crippen molar-refractivity contribution in [1.29, 1.82) is 5.26 Å². The molecule has 0 aliphatic heterocycles. The van der Waals surface area contributed by atoms with Gasteiger partial charge in [-0.1, -0.05) is 35.5 Å². The summed E-state index contributed by atoms with van der Waals surface area (Å²) in [5.41, 5.74) is -1.12. The Morgan fingerprint density at radius 3 is 2.37 bits per heavy atom. The number of ketones is 1. The van der Waals surface area contributed by atoms with Crippen molar-refractivity contribution in [3.63, 3.8) is 0 Å². The van der Waals surface area contributed by atoms with Gasteiger partial charge in [0.25, 0.3) is 5.69 Å². The average molecular weight is 522 g/mol. The first-order valence-corrected chi connectivity index (χ1v) is 10.9. The van der Waals surface area contributed by atoms with Crippen LogP contribution in [0.3, 0.4) is 0 Å². The second-order valence-corrected chi connectivity index (χ2v) is 8.62. The quantitative estimate of drug-likeness (QED) is 0.198. The highest BCUT2D eigenvalue weighted by molar-refractivity contribution is 7.99. The molecule has 0 saturated carbocycles. The molecule has 3 rings (SSSR count). The maximum atomic E-state index is 13.2. The zero-order valence-electron chi connectivity index (χ0n) is 18.4. The van der Waals surface area contributed by atoms with Crippen molar-refractivity contribution >= 4 is 34.8 Å². The van der Waals surface area contributed by atoms with Crippen molar-refractivity contribution in [2.45, 2.75) is 29.9 Å². The summed E-state index contributed by atoms with van der Waals surface area (Å²) in [4.78, 5) is 27.1. The van der Waals surface area contributed by atoms with E-state index in [2.05, 4.69) is 4.98 Å². The SMILES string of the molecule is COc1ccc(-c2c(C#N)c(Sc3cc(Cl)c(C(F)(F)F)cc3[N+](=O)[O-])nc(C)c2C(C)=O)cc1. The van der Waals surface area contributed by atoms with Gasteiger partial charge in [0.15, 0.2) is 5.78 Å². The fraction of sp³-hybridized carbons (Fsp3) is 0.174. The fourth-order valence-corrected chi connectivity index (χ4v) is 4.81. The number of aryl methyl sites for hydroxylation is 1. The Hall–Kier alpha value is -3.62. The summed E-state index contributed by atoms with van der Waals surface area (Å²) in [6.45, 7) is 2.84. The number of Topliss-reactive ketones (excluding diaryl/α,β-unsaturated/α-hetero) is 1. The van der Waals surface area contributed by atoms with Gasteiger partial charge in [-0.3, -0.25) is 14.9 Å². The molecule has 0 unspecified atom stereocenters. The summed E-state index contributed by atoms with van der Waals surface area (Å²) in [6.07, 6.45) is -4.90. The zero-order chi connectivity index (χ0) is 26.1. The topological polar surface area (TPSA) is 106 Å². The summed E-state index contributed by atoms with van der Waals surface area (Å²) in [7, 11) is 1.48. The molecule has 0 radical (unpaired) electrons. The number of rotatable bonds is 6. The molecule has 0 saturated heterocycles. The molecule has 0 spiro atoms. The van der Waals surface area contributed by atoms with Gasteiger partial charge in [-0.2, -0.15) is 18.4 Å².